The second-order valence-electron chi connectivity index (χ2n) is 5.07. The zero-order valence-electron chi connectivity index (χ0n) is 9.86. The van der Waals surface area contributed by atoms with E-state index in [1.165, 1.54) is 6.07 Å². The van der Waals surface area contributed by atoms with Gasteiger partial charge in [-0.3, -0.25) is 0 Å². The average Bonchev–Trinajstić information content (AvgIpc) is 2.15. The van der Waals surface area contributed by atoms with Crippen LogP contribution in [0.5, 0.6) is 0 Å². The second-order valence-corrected chi connectivity index (χ2v) is 6.01. The second kappa shape index (κ2) is 5.37. The Balaban J connectivity index is 2.69. The molecule has 0 aromatic heterocycles. The zero-order chi connectivity index (χ0) is 12.3. The molecule has 0 aliphatic rings. The predicted molar refractivity (Wildman–Crippen MR) is 68.8 cm³/mol. The molecule has 0 radical (unpaired) electrons. The van der Waals surface area contributed by atoms with Crippen LogP contribution in [-0.2, 0) is 6.42 Å². The molecule has 1 unspecified atom stereocenters. The Morgan fingerprint density at radius 1 is 1.31 bits per heavy atom. The Morgan fingerprint density at radius 3 is 2.44 bits per heavy atom. The van der Waals surface area contributed by atoms with Crippen molar-refractivity contribution in [3.8, 4) is 0 Å². The van der Waals surface area contributed by atoms with Crippen LogP contribution in [0.4, 0.5) is 4.39 Å². The highest BCUT2D eigenvalue weighted by Gasteiger charge is 2.22. The van der Waals surface area contributed by atoms with Crippen LogP contribution in [0.25, 0.3) is 0 Å². The van der Waals surface area contributed by atoms with E-state index in [2.05, 4.69) is 20.8 Å². The molecule has 0 saturated carbocycles. The van der Waals surface area contributed by atoms with Gasteiger partial charge in [0.2, 0.25) is 0 Å². The van der Waals surface area contributed by atoms with Gasteiger partial charge in [0.25, 0.3) is 0 Å². The van der Waals surface area contributed by atoms with Crippen molar-refractivity contribution in [3.05, 3.63) is 34.6 Å². The Morgan fingerprint density at radius 2 is 1.94 bits per heavy atom. The Bertz CT molecular complexity index is 335. The first-order valence-corrected chi connectivity index (χ1v) is 6.21. The summed E-state index contributed by atoms with van der Waals surface area (Å²) in [5, 5.41) is 0.501. The van der Waals surface area contributed by atoms with Crippen LogP contribution in [0, 0.1) is 11.2 Å². The molecule has 0 aliphatic carbocycles. The maximum absolute atomic E-state index is 13.5. The Hall–Kier alpha value is -0.270. The molecule has 1 aromatic rings. The third kappa shape index (κ3) is 3.64. The summed E-state index contributed by atoms with van der Waals surface area (Å²) in [5.74, 6) is -0.245. The average molecular weight is 263 g/mol. The van der Waals surface area contributed by atoms with Gasteiger partial charge in [0.1, 0.15) is 5.82 Å². The smallest absolute Gasteiger partial charge is 0.127 e. The number of halogens is 3. The highest BCUT2D eigenvalue weighted by Crippen LogP contribution is 2.29. The number of alkyl halides is 1. The van der Waals surface area contributed by atoms with Gasteiger partial charge in [0.05, 0.1) is 0 Å². The maximum atomic E-state index is 13.5. The van der Waals surface area contributed by atoms with Gasteiger partial charge in [-0.2, -0.15) is 0 Å². The van der Waals surface area contributed by atoms with E-state index < -0.39 is 0 Å². The maximum Gasteiger partial charge on any atom is 0.127 e. The number of benzene rings is 1. The molecular formula is C13H17Cl2F. The van der Waals surface area contributed by atoms with E-state index in [1.54, 1.807) is 12.1 Å². The van der Waals surface area contributed by atoms with Crippen LogP contribution < -0.4 is 0 Å². The third-order valence-corrected chi connectivity index (χ3v) is 3.88. The Kier molecular flexibility index (Phi) is 4.63. The van der Waals surface area contributed by atoms with E-state index in [0.717, 1.165) is 6.42 Å². The normalized spacial score (nSPS) is 13.9. The first-order valence-electron chi connectivity index (χ1n) is 5.39. The molecule has 0 spiro atoms. The first kappa shape index (κ1) is 13.8. The van der Waals surface area contributed by atoms with Gasteiger partial charge in [-0.25, -0.2) is 4.39 Å². The quantitative estimate of drug-likeness (QED) is 0.668. The molecule has 0 fully saturated rings. The molecule has 0 heterocycles. The SMILES string of the molecule is CC(C)(C)C(Cl)CCc1c(F)cccc1Cl. The van der Waals surface area contributed by atoms with Crippen molar-refractivity contribution in [2.75, 3.05) is 0 Å². The summed E-state index contributed by atoms with van der Waals surface area (Å²) >= 11 is 12.2. The fraction of sp³-hybridized carbons (Fsp3) is 0.538. The lowest BCUT2D eigenvalue weighted by Crippen LogP contribution is -2.21. The molecule has 1 rings (SSSR count). The molecule has 1 atom stereocenters. The Labute approximate surface area is 107 Å². The van der Waals surface area contributed by atoms with Crippen LogP contribution in [0.1, 0.15) is 32.8 Å². The van der Waals surface area contributed by atoms with Crippen LogP contribution in [0.2, 0.25) is 5.02 Å². The van der Waals surface area contributed by atoms with Crippen molar-refractivity contribution in [2.24, 2.45) is 5.41 Å². The number of hydrogen-bond donors (Lipinski definition) is 0. The van der Waals surface area contributed by atoms with E-state index in [4.69, 9.17) is 23.2 Å². The fourth-order valence-electron chi connectivity index (χ4n) is 1.48. The van der Waals surface area contributed by atoms with E-state index in [9.17, 15) is 4.39 Å². The zero-order valence-corrected chi connectivity index (χ0v) is 11.4. The molecular weight excluding hydrogens is 246 g/mol. The van der Waals surface area contributed by atoms with E-state index in [0.29, 0.717) is 17.0 Å². The molecule has 1 aromatic carbocycles. The van der Waals surface area contributed by atoms with Gasteiger partial charge >= 0.3 is 0 Å². The summed E-state index contributed by atoms with van der Waals surface area (Å²) in [7, 11) is 0. The molecule has 16 heavy (non-hydrogen) atoms. The topological polar surface area (TPSA) is 0 Å². The standard InChI is InChI=1S/C13H17Cl2F/c1-13(2,3)12(15)8-7-9-10(14)5-4-6-11(9)16/h4-6,12H,7-8H2,1-3H3. The van der Waals surface area contributed by atoms with Gasteiger partial charge in [-0.05, 0) is 30.4 Å². The molecule has 0 nitrogen and oxygen atoms in total. The molecule has 0 amide bonds. The van der Waals surface area contributed by atoms with Gasteiger partial charge < -0.3 is 0 Å². The molecule has 0 N–H and O–H groups in total. The highest BCUT2D eigenvalue weighted by molar-refractivity contribution is 6.31. The van der Waals surface area contributed by atoms with Crippen LogP contribution in [0.15, 0.2) is 18.2 Å². The van der Waals surface area contributed by atoms with Crippen LogP contribution in [-0.4, -0.2) is 5.38 Å². The van der Waals surface area contributed by atoms with E-state index >= 15 is 0 Å². The molecule has 0 bridgehead atoms. The minimum Gasteiger partial charge on any atom is -0.207 e. The summed E-state index contributed by atoms with van der Waals surface area (Å²) in [6, 6.07) is 4.75. The summed E-state index contributed by atoms with van der Waals surface area (Å²) in [6.45, 7) is 6.23. The van der Waals surface area contributed by atoms with Crippen molar-refractivity contribution in [3.63, 3.8) is 0 Å². The highest BCUT2D eigenvalue weighted by atomic mass is 35.5. The van der Waals surface area contributed by atoms with Crippen molar-refractivity contribution in [1.82, 2.24) is 0 Å². The van der Waals surface area contributed by atoms with Gasteiger partial charge in [0, 0.05) is 16.0 Å². The number of rotatable bonds is 3. The summed E-state index contributed by atoms with van der Waals surface area (Å²) in [4.78, 5) is 0. The lowest BCUT2D eigenvalue weighted by Gasteiger charge is -2.25. The van der Waals surface area contributed by atoms with Crippen LogP contribution in [0.3, 0.4) is 0 Å². The minimum absolute atomic E-state index is 0.0168. The van der Waals surface area contributed by atoms with E-state index in [-0.39, 0.29) is 16.6 Å². The molecule has 3 heteroatoms. The van der Waals surface area contributed by atoms with Crippen molar-refractivity contribution in [2.45, 2.75) is 39.0 Å². The van der Waals surface area contributed by atoms with Crippen molar-refractivity contribution < 1.29 is 4.39 Å². The van der Waals surface area contributed by atoms with Gasteiger partial charge in [-0.1, -0.05) is 38.4 Å². The predicted octanol–water partition coefficient (Wildman–Crippen LogP) is 5.07. The number of hydrogen-bond acceptors (Lipinski definition) is 0. The lowest BCUT2D eigenvalue weighted by molar-refractivity contribution is 0.373. The monoisotopic (exact) mass is 262 g/mol. The van der Waals surface area contributed by atoms with Crippen molar-refractivity contribution >= 4 is 23.2 Å². The molecule has 0 aliphatic heterocycles. The summed E-state index contributed by atoms with van der Waals surface area (Å²) < 4.78 is 13.5. The summed E-state index contributed by atoms with van der Waals surface area (Å²) in [6.07, 6.45) is 1.31. The minimum atomic E-state index is -0.245. The molecule has 90 valence electrons. The van der Waals surface area contributed by atoms with Crippen LogP contribution >= 0.6 is 23.2 Å². The largest absolute Gasteiger partial charge is 0.207 e. The third-order valence-electron chi connectivity index (χ3n) is 2.65. The first-order chi connectivity index (χ1) is 7.32. The van der Waals surface area contributed by atoms with Crippen molar-refractivity contribution in [1.29, 1.82) is 0 Å². The molecule has 0 saturated heterocycles. The summed E-state index contributed by atoms with van der Waals surface area (Å²) in [5.41, 5.74) is 0.596. The lowest BCUT2D eigenvalue weighted by atomic mass is 9.88. The van der Waals surface area contributed by atoms with E-state index in [1.807, 2.05) is 0 Å². The van der Waals surface area contributed by atoms with Gasteiger partial charge in [0.15, 0.2) is 0 Å². The van der Waals surface area contributed by atoms with Gasteiger partial charge in [-0.15, -0.1) is 11.6 Å². The fourth-order valence-corrected chi connectivity index (χ4v) is 1.84.